The molecular weight excluding hydrogens is 437 g/mol. The molecule has 2 bridgehead atoms. The van der Waals surface area contributed by atoms with Gasteiger partial charge in [0.1, 0.15) is 6.61 Å². The van der Waals surface area contributed by atoms with Crippen molar-refractivity contribution in [3.8, 4) is 5.75 Å². The number of para-hydroxylation sites is 1. The molecule has 0 aliphatic heterocycles. The number of rotatable bonds is 9. The van der Waals surface area contributed by atoms with E-state index in [0.717, 1.165) is 22.6 Å². The topological polar surface area (TPSA) is 60.2 Å². The molecule has 2 saturated carbocycles. The summed E-state index contributed by atoms with van der Waals surface area (Å²) in [6.07, 6.45) is 4.64. The van der Waals surface area contributed by atoms with Gasteiger partial charge in [0.15, 0.2) is 22.5 Å². The van der Waals surface area contributed by atoms with Crippen LogP contribution in [0.4, 0.5) is 4.39 Å². The van der Waals surface area contributed by atoms with E-state index in [9.17, 15) is 9.50 Å². The first kappa shape index (κ1) is 22.4. The molecule has 1 heterocycles. The second-order valence-corrected chi connectivity index (χ2v) is 10.3. The first-order valence-corrected chi connectivity index (χ1v) is 12.8. The van der Waals surface area contributed by atoms with Crippen molar-refractivity contribution in [1.82, 2.24) is 14.8 Å². The van der Waals surface area contributed by atoms with Crippen LogP contribution in [0.1, 0.15) is 56.1 Å². The molecule has 7 heteroatoms. The first-order valence-electron chi connectivity index (χ1n) is 11.8. The van der Waals surface area contributed by atoms with Crippen molar-refractivity contribution >= 4 is 11.8 Å². The Bertz CT molecular complexity index is 1080. The van der Waals surface area contributed by atoms with Crippen LogP contribution >= 0.6 is 11.8 Å². The van der Waals surface area contributed by atoms with Gasteiger partial charge >= 0.3 is 0 Å². The van der Waals surface area contributed by atoms with Crippen LogP contribution in [0.3, 0.4) is 0 Å². The van der Waals surface area contributed by atoms with E-state index in [1.54, 1.807) is 18.2 Å². The molecule has 1 N–H and O–H groups in total. The van der Waals surface area contributed by atoms with Crippen LogP contribution in [0, 0.1) is 23.6 Å². The highest BCUT2D eigenvalue weighted by Crippen LogP contribution is 2.52. The van der Waals surface area contributed by atoms with Crippen molar-refractivity contribution in [2.24, 2.45) is 17.8 Å². The number of nitrogens with zero attached hydrogens (tertiary/aromatic N) is 3. The number of hydrogen-bond acceptors (Lipinski definition) is 5. The minimum Gasteiger partial charge on any atom is -0.483 e. The number of aromatic nitrogens is 3. The fourth-order valence-corrected chi connectivity index (χ4v) is 6.63. The van der Waals surface area contributed by atoms with Gasteiger partial charge < -0.3 is 9.84 Å². The average Bonchev–Trinajstić information content (AvgIpc) is 3.58. The predicted octanol–water partition coefficient (Wildman–Crippen LogP) is 5.82. The molecule has 2 aromatic carbocycles. The van der Waals surface area contributed by atoms with Gasteiger partial charge in [0.25, 0.3) is 0 Å². The van der Waals surface area contributed by atoms with Gasteiger partial charge in [-0.15, -0.1) is 10.2 Å². The second-order valence-electron chi connectivity index (χ2n) is 9.30. The molecule has 0 unspecified atom stereocenters. The smallest absolute Gasteiger partial charge is 0.191 e. The maximum atomic E-state index is 14.1. The summed E-state index contributed by atoms with van der Waals surface area (Å²) >= 11 is 1.51. The lowest BCUT2D eigenvalue weighted by Crippen LogP contribution is -2.24. The molecule has 0 amide bonds. The Morgan fingerprint density at radius 2 is 1.88 bits per heavy atom. The molecule has 2 fully saturated rings. The summed E-state index contributed by atoms with van der Waals surface area (Å²) in [4.78, 5) is 0. The zero-order chi connectivity index (χ0) is 22.8. The Hall–Kier alpha value is -2.38. The van der Waals surface area contributed by atoms with Gasteiger partial charge in [0, 0.05) is 11.8 Å². The van der Waals surface area contributed by atoms with Crippen LogP contribution in [0.25, 0.3) is 0 Å². The van der Waals surface area contributed by atoms with Gasteiger partial charge in [-0.1, -0.05) is 60.6 Å². The molecular formula is C26H30FN3O2S. The molecule has 174 valence electrons. The van der Waals surface area contributed by atoms with E-state index in [1.165, 1.54) is 43.5 Å². The number of ether oxygens (including phenoxy) is 1. The fourth-order valence-electron chi connectivity index (χ4n) is 5.62. The number of hydrogen-bond donors (Lipinski definition) is 1. The van der Waals surface area contributed by atoms with E-state index in [2.05, 4.69) is 21.7 Å². The number of fused-ring (bicyclic) bond motifs is 2. The number of thioether (sulfide) groups is 1. The van der Waals surface area contributed by atoms with Crippen LogP contribution < -0.4 is 4.74 Å². The Morgan fingerprint density at radius 3 is 2.61 bits per heavy atom. The molecule has 2 aliphatic rings. The van der Waals surface area contributed by atoms with Crippen LogP contribution in [0.15, 0.2) is 59.8 Å². The number of aliphatic hydroxyl groups is 1. The van der Waals surface area contributed by atoms with E-state index >= 15 is 0 Å². The number of halogens is 1. The van der Waals surface area contributed by atoms with Gasteiger partial charge in [-0.05, 0) is 61.6 Å². The molecule has 1 aromatic heterocycles. The summed E-state index contributed by atoms with van der Waals surface area (Å²) < 4.78 is 22.0. The first-order chi connectivity index (χ1) is 16.1. The normalized spacial score (nSPS) is 23.5. The van der Waals surface area contributed by atoms with Gasteiger partial charge in [0.05, 0.1) is 6.10 Å². The molecule has 0 spiro atoms. The molecule has 33 heavy (non-hydrogen) atoms. The van der Waals surface area contributed by atoms with Gasteiger partial charge in [-0.25, -0.2) is 4.39 Å². The second kappa shape index (κ2) is 9.85. The lowest BCUT2D eigenvalue weighted by atomic mass is 9.84. The average molecular weight is 468 g/mol. The summed E-state index contributed by atoms with van der Waals surface area (Å²) in [5.41, 5.74) is 0.889. The van der Waals surface area contributed by atoms with Crippen molar-refractivity contribution in [2.45, 2.75) is 56.5 Å². The van der Waals surface area contributed by atoms with Gasteiger partial charge in [0.2, 0.25) is 0 Å². The highest BCUT2D eigenvalue weighted by atomic mass is 32.2. The third-order valence-electron chi connectivity index (χ3n) is 7.30. The van der Waals surface area contributed by atoms with Crippen molar-refractivity contribution < 1.29 is 14.2 Å². The van der Waals surface area contributed by atoms with Crippen molar-refractivity contribution in [1.29, 1.82) is 0 Å². The van der Waals surface area contributed by atoms with Crippen LogP contribution in [-0.2, 0) is 6.61 Å². The summed E-state index contributed by atoms with van der Waals surface area (Å²) in [5, 5.41) is 20.3. The van der Waals surface area contributed by atoms with Crippen molar-refractivity contribution in [3.63, 3.8) is 0 Å². The van der Waals surface area contributed by atoms with E-state index in [-0.39, 0.29) is 24.2 Å². The lowest BCUT2D eigenvalue weighted by molar-refractivity contribution is 0.203. The fraction of sp³-hybridized carbons (Fsp3) is 0.462. The number of aliphatic hydroxyl groups excluding tert-OH is 1. The predicted molar refractivity (Wildman–Crippen MR) is 127 cm³/mol. The largest absolute Gasteiger partial charge is 0.483 e. The minimum atomic E-state index is -0.586. The van der Waals surface area contributed by atoms with Gasteiger partial charge in [-0.3, -0.25) is 4.57 Å². The molecule has 5 nitrogen and oxygen atoms in total. The van der Waals surface area contributed by atoms with Crippen molar-refractivity contribution in [3.05, 3.63) is 71.8 Å². The third-order valence-corrected chi connectivity index (χ3v) is 8.32. The maximum absolute atomic E-state index is 14.1. The summed E-state index contributed by atoms with van der Waals surface area (Å²) in [7, 11) is 0. The maximum Gasteiger partial charge on any atom is 0.191 e. The lowest BCUT2D eigenvalue weighted by Gasteiger charge is -2.30. The summed E-state index contributed by atoms with van der Waals surface area (Å²) in [6, 6.07) is 16.3. The monoisotopic (exact) mass is 467 g/mol. The van der Waals surface area contributed by atoms with E-state index in [1.807, 2.05) is 30.3 Å². The third kappa shape index (κ3) is 4.80. The Labute approximate surface area is 198 Å². The van der Waals surface area contributed by atoms with E-state index in [4.69, 9.17) is 4.74 Å². The Kier molecular flexibility index (Phi) is 6.69. The SMILES string of the molecule is C[C@H]([C@@H]1C[C@@H]2CC[C@@H]1C2)n1c(COc2ccccc2F)nnc1SC[C@@H](O)c1ccccc1. The molecule has 5 rings (SSSR count). The summed E-state index contributed by atoms with van der Waals surface area (Å²) in [6.45, 7) is 2.40. The van der Waals surface area contributed by atoms with Crippen LogP contribution in [-0.4, -0.2) is 25.6 Å². The Balaban J connectivity index is 1.36. The minimum absolute atomic E-state index is 0.154. The van der Waals surface area contributed by atoms with Crippen LogP contribution in [0.5, 0.6) is 5.75 Å². The highest BCUT2D eigenvalue weighted by molar-refractivity contribution is 7.99. The molecule has 3 aromatic rings. The molecule has 0 radical (unpaired) electrons. The highest BCUT2D eigenvalue weighted by Gasteiger charge is 2.43. The zero-order valence-electron chi connectivity index (χ0n) is 18.8. The van der Waals surface area contributed by atoms with E-state index < -0.39 is 6.10 Å². The zero-order valence-corrected chi connectivity index (χ0v) is 19.6. The Morgan fingerprint density at radius 1 is 1.09 bits per heavy atom. The van der Waals surface area contributed by atoms with Crippen LogP contribution in [0.2, 0.25) is 0 Å². The number of benzene rings is 2. The summed E-state index contributed by atoms with van der Waals surface area (Å²) in [5.74, 6) is 3.20. The van der Waals surface area contributed by atoms with Crippen molar-refractivity contribution in [2.75, 3.05) is 5.75 Å². The standard InChI is InChI=1S/C26H30FN3O2S/c1-17(21-14-18-11-12-20(21)13-18)30-25(15-32-24-10-6-5-9-22(24)27)28-29-26(30)33-16-23(31)19-7-3-2-4-8-19/h2-10,17-18,20-21,23,31H,11-16H2,1H3/t17-,18-,20-,21+,23-/m1/s1. The van der Waals surface area contributed by atoms with Gasteiger partial charge in [-0.2, -0.15) is 0 Å². The van der Waals surface area contributed by atoms with E-state index in [0.29, 0.717) is 17.5 Å². The molecule has 2 aliphatic carbocycles. The molecule has 0 saturated heterocycles. The quantitative estimate of drug-likeness (QED) is 0.402. The molecule has 5 atom stereocenters.